The number of nitriles is 1. The van der Waals surface area contributed by atoms with E-state index in [0.717, 1.165) is 55.0 Å². The number of hydrogen-bond acceptors (Lipinski definition) is 1. The molecule has 0 unspecified atom stereocenters. The van der Waals surface area contributed by atoms with E-state index in [4.69, 9.17) is 0 Å². The minimum Gasteiger partial charge on any atom is -0.309 e. The molecule has 0 aliphatic carbocycles. The van der Waals surface area contributed by atoms with Crippen LogP contribution in [0.5, 0.6) is 0 Å². The molecule has 8 rings (SSSR count). The second kappa shape index (κ2) is 13.1. The molecular formula is C53H53F2N3. The molecule has 2 aromatic heterocycles. The Hall–Kier alpha value is -5.73. The van der Waals surface area contributed by atoms with E-state index in [0.29, 0.717) is 11.1 Å². The Kier molecular flexibility index (Phi) is 8.87. The quantitative estimate of drug-likeness (QED) is 0.176. The van der Waals surface area contributed by atoms with Gasteiger partial charge in [0.25, 0.3) is 0 Å². The third kappa shape index (κ3) is 6.57. The monoisotopic (exact) mass is 769 g/mol. The Morgan fingerprint density at radius 3 is 1.10 bits per heavy atom. The fourth-order valence-corrected chi connectivity index (χ4v) is 8.33. The van der Waals surface area contributed by atoms with Crippen LogP contribution in [0.25, 0.3) is 66.1 Å². The van der Waals surface area contributed by atoms with Gasteiger partial charge in [-0.05, 0) is 122 Å². The molecule has 8 aromatic rings. The van der Waals surface area contributed by atoms with Crippen LogP contribution in [0.1, 0.15) is 111 Å². The Balaban J connectivity index is 1.53. The Morgan fingerprint density at radius 1 is 0.397 bits per heavy atom. The van der Waals surface area contributed by atoms with Crippen molar-refractivity contribution in [2.75, 3.05) is 0 Å². The lowest BCUT2D eigenvalue weighted by Gasteiger charge is -2.21. The summed E-state index contributed by atoms with van der Waals surface area (Å²) in [7, 11) is 0. The van der Waals surface area contributed by atoms with Crippen LogP contribution in [-0.2, 0) is 21.7 Å². The summed E-state index contributed by atoms with van der Waals surface area (Å²) in [4.78, 5) is 0. The average Bonchev–Trinajstić information content (AvgIpc) is 3.64. The zero-order valence-corrected chi connectivity index (χ0v) is 35.9. The molecule has 58 heavy (non-hydrogen) atoms. The normalized spacial score (nSPS) is 13.0. The van der Waals surface area contributed by atoms with Crippen molar-refractivity contribution in [3.05, 3.63) is 143 Å². The minimum absolute atomic E-state index is 0.0555. The Morgan fingerprint density at radius 2 is 0.741 bits per heavy atom. The first kappa shape index (κ1) is 39.1. The van der Waals surface area contributed by atoms with Gasteiger partial charge in [-0.2, -0.15) is 5.26 Å². The molecule has 0 fully saturated rings. The number of rotatable bonds is 3. The van der Waals surface area contributed by atoms with Gasteiger partial charge in [0.2, 0.25) is 0 Å². The molecule has 0 atom stereocenters. The van der Waals surface area contributed by atoms with E-state index in [1.807, 2.05) is 12.1 Å². The average molecular weight is 770 g/mol. The topological polar surface area (TPSA) is 33.6 Å². The van der Waals surface area contributed by atoms with Gasteiger partial charge in [-0.3, -0.25) is 0 Å². The van der Waals surface area contributed by atoms with Crippen LogP contribution in [0, 0.1) is 23.0 Å². The first-order valence-electron chi connectivity index (χ1n) is 20.3. The lowest BCUT2D eigenvalue weighted by Crippen LogP contribution is -2.11. The van der Waals surface area contributed by atoms with Gasteiger partial charge in [0.15, 0.2) is 0 Å². The molecule has 6 aromatic carbocycles. The molecule has 5 heteroatoms. The Bertz CT molecular complexity index is 2820. The van der Waals surface area contributed by atoms with E-state index in [-0.39, 0.29) is 21.7 Å². The van der Waals surface area contributed by atoms with Crippen molar-refractivity contribution in [1.82, 2.24) is 9.13 Å². The van der Waals surface area contributed by atoms with E-state index in [1.165, 1.54) is 34.4 Å². The molecule has 3 nitrogen and oxygen atoms in total. The highest BCUT2D eigenvalue weighted by Gasteiger charge is 2.25. The third-order valence-corrected chi connectivity index (χ3v) is 11.9. The van der Waals surface area contributed by atoms with E-state index in [2.05, 4.69) is 171 Å². The van der Waals surface area contributed by atoms with Crippen LogP contribution in [0.4, 0.5) is 8.78 Å². The van der Waals surface area contributed by atoms with Gasteiger partial charge in [0.05, 0.1) is 22.1 Å². The van der Waals surface area contributed by atoms with Crippen LogP contribution in [0.2, 0.25) is 0 Å². The van der Waals surface area contributed by atoms with Gasteiger partial charge in [-0.1, -0.05) is 119 Å². The van der Waals surface area contributed by atoms with E-state index in [9.17, 15) is 5.26 Å². The molecule has 0 bridgehead atoms. The highest BCUT2D eigenvalue weighted by atomic mass is 19.1. The number of hydrogen-bond donors (Lipinski definition) is 0. The third-order valence-electron chi connectivity index (χ3n) is 11.9. The van der Waals surface area contributed by atoms with Crippen molar-refractivity contribution >= 4 is 43.6 Å². The van der Waals surface area contributed by atoms with Crippen LogP contribution in [0.3, 0.4) is 0 Å². The van der Waals surface area contributed by atoms with Gasteiger partial charge < -0.3 is 9.13 Å². The van der Waals surface area contributed by atoms with Crippen molar-refractivity contribution in [2.45, 2.75) is 105 Å². The highest BCUT2D eigenvalue weighted by Crippen LogP contribution is 2.42. The van der Waals surface area contributed by atoms with E-state index >= 15 is 8.78 Å². The summed E-state index contributed by atoms with van der Waals surface area (Å²) in [5.74, 6) is -1.76. The second-order valence-electron chi connectivity index (χ2n) is 20.3. The van der Waals surface area contributed by atoms with Gasteiger partial charge in [0, 0.05) is 32.9 Å². The zero-order valence-electron chi connectivity index (χ0n) is 35.9. The zero-order chi connectivity index (χ0) is 41.9. The predicted molar refractivity (Wildman–Crippen MR) is 240 cm³/mol. The number of benzene rings is 6. The van der Waals surface area contributed by atoms with Crippen molar-refractivity contribution in [2.24, 2.45) is 0 Å². The minimum atomic E-state index is -0.882. The van der Waals surface area contributed by atoms with E-state index < -0.39 is 17.2 Å². The summed E-state index contributed by atoms with van der Waals surface area (Å²) in [6.07, 6.45) is 0. The molecule has 0 aliphatic heterocycles. The lowest BCUT2D eigenvalue weighted by molar-refractivity contribution is 0.577. The fraction of sp³-hybridized carbons (Fsp3) is 0.302. The van der Waals surface area contributed by atoms with Gasteiger partial charge in [0.1, 0.15) is 23.3 Å². The largest absolute Gasteiger partial charge is 0.309 e. The van der Waals surface area contributed by atoms with Crippen molar-refractivity contribution in [1.29, 1.82) is 5.26 Å². The van der Waals surface area contributed by atoms with Gasteiger partial charge in [-0.15, -0.1) is 0 Å². The number of aromatic nitrogens is 2. The maximum absolute atomic E-state index is 15.5. The van der Waals surface area contributed by atoms with Crippen LogP contribution >= 0.6 is 0 Å². The smallest absolute Gasteiger partial charge is 0.144 e. The molecule has 0 saturated carbocycles. The maximum Gasteiger partial charge on any atom is 0.144 e. The summed E-state index contributed by atoms with van der Waals surface area (Å²) < 4.78 is 35.6. The molecule has 0 radical (unpaired) electrons. The van der Waals surface area contributed by atoms with Gasteiger partial charge >= 0.3 is 0 Å². The summed E-state index contributed by atoms with van der Waals surface area (Å²) >= 11 is 0. The Labute approximate surface area is 341 Å². The standard InChI is InChI=1S/C53H53F2N3/c1-50(2,3)33-15-19-46-41(25-33)39-17-13-35(52(7,8)9)27-48(39)57(46)37-21-31(32-23-44(54)43(30-56)45(55)24-32)22-38(29-37)58-47-20-16-34(51(4,5)6)26-42(47)40-18-14-36(28-49(40)58)53(10,11)12/h13-29H,1-12H3. The molecule has 0 aliphatic rings. The molecule has 0 amide bonds. The van der Waals surface area contributed by atoms with Gasteiger partial charge in [-0.25, -0.2) is 8.78 Å². The highest BCUT2D eigenvalue weighted by molar-refractivity contribution is 6.11. The molecule has 2 heterocycles. The van der Waals surface area contributed by atoms with Crippen LogP contribution in [-0.4, -0.2) is 9.13 Å². The lowest BCUT2D eigenvalue weighted by atomic mass is 9.85. The van der Waals surface area contributed by atoms with Crippen LogP contribution < -0.4 is 0 Å². The first-order valence-corrected chi connectivity index (χ1v) is 20.3. The fourth-order valence-electron chi connectivity index (χ4n) is 8.33. The molecule has 0 spiro atoms. The summed E-state index contributed by atoms with van der Waals surface area (Å²) in [6.45, 7) is 26.8. The van der Waals surface area contributed by atoms with Crippen LogP contribution in [0.15, 0.2) is 103 Å². The summed E-state index contributed by atoms with van der Waals surface area (Å²) in [6, 6.07) is 37.5. The number of nitrogens with zero attached hydrogens (tertiary/aromatic N) is 3. The SMILES string of the molecule is CC(C)(C)c1ccc2c(c1)c1ccc(C(C)(C)C)cc1n2-c1cc(-c2cc(F)c(C#N)c(F)c2)cc(-n2c3ccc(C(C)(C)C)cc3c3ccc(C(C)(C)C)cc32)c1. The molecule has 0 N–H and O–H groups in total. The summed E-state index contributed by atoms with van der Waals surface area (Å²) in [5.41, 5.74) is 10.9. The first-order chi connectivity index (χ1) is 27.0. The molecule has 294 valence electrons. The predicted octanol–water partition coefficient (Wildman–Crippen LogP) is 14.9. The number of fused-ring (bicyclic) bond motifs is 6. The van der Waals surface area contributed by atoms with E-state index in [1.54, 1.807) is 6.07 Å². The molecular weight excluding hydrogens is 717 g/mol. The number of halogens is 2. The van der Waals surface area contributed by atoms with Crippen molar-refractivity contribution < 1.29 is 8.78 Å². The maximum atomic E-state index is 15.5. The second-order valence-corrected chi connectivity index (χ2v) is 20.3. The van der Waals surface area contributed by atoms with Crippen molar-refractivity contribution in [3.63, 3.8) is 0 Å². The molecule has 0 saturated heterocycles. The summed E-state index contributed by atoms with van der Waals surface area (Å²) in [5, 5.41) is 14.1. The van der Waals surface area contributed by atoms with Crippen molar-refractivity contribution in [3.8, 4) is 28.6 Å².